The summed E-state index contributed by atoms with van der Waals surface area (Å²) < 4.78 is 0. The number of hydrogen-bond acceptors (Lipinski definition) is 3. The van der Waals surface area contributed by atoms with E-state index < -0.39 is 0 Å². The van der Waals surface area contributed by atoms with E-state index in [2.05, 4.69) is 24.5 Å². The van der Waals surface area contributed by atoms with Gasteiger partial charge < -0.3 is 10.6 Å². The maximum Gasteiger partial charge on any atom is 0.237 e. The van der Waals surface area contributed by atoms with Gasteiger partial charge in [0.15, 0.2) is 0 Å². The Labute approximate surface area is 159 Å². The molecule has 0 aliphatic rings. The Morgan fingerprint density at radius 1 is 0.923 bits per heavy atom. The van der Waals surface area contributed by atoms with Crippen molar-refractivity contribution in [2.75, 3.05) is 16.4 Å². The molecule has 5 heteroatoms. The first-order valence-electron chi connectivity index (χ1n) is 8.93. The van der Waals surface area contributed by atoms with Crippen molar-refractivity contribution in [1.82, 2.24) is 0 Å². The molecule has 2 aromatic rings. The molecule has 2 N–H and O–H groups in total. The minimum absolute atomic E-state index is 0.0712. The fraction of sp³-hybridized carbons (Fsp3) is 0.333. The number of aryl methyl sites for hydroxylation is 2. The molecule has 1 atom stereocenters. The molecule has 2 aromatic carbocycles. The van der Waals surface area contributed by atoms with Gasteiger partial charge >= 0.3 is 0 Å². The number of anilines is 2. The summed E-state index contributed by atoms with van der Waals surface area (Å²) in [5.41, 5.74) is 3.96. The van der Waals surface area contributed by atoms with Crippen LogP contribution in [-0.2, 0) is 22.4 Å². The van der Waals surface area contributed by atoms with E-state index in [-0.39, 0.29) is 22.8 Å². The summed E-state index contributed by atoms with van der Waals surface area (Å²) in [4.78, 5) is 24.6. The number of benzene rings is 2. The first-order valence-corrected chi connectivity index (χ1v) is 9.98. The molecular formula is C21H26N2O2S. The van der Waals surface area contributed by atoms with Gasteiger partial charge in [-0.25, -0.2) is 0 Å². The lowest BCUT2D eigenvalue weighted by atomic mass is 10.0. The predicted octanol–water partition coefficient (Wildman–Crippen LogP) is 4.51. The number of amides is 2. The van der Waals surface area contributed by atoms with Crippen LogP contribution in [0.4, 0.5) is 11.4 Å². The van der Waals surface area contributed by atoms with Gasteiger partial charge in [-0.05, 0) is 43.0 Å². The molecule has 4 nitrogen and oxygen atoms in total. The van der Waals surface area contributed by atoms with E-state index in [1.54, 1.807) is 0 Å². The molecule has 26 heavy (non-hydrogen) atoms. The summed E-state index contributed by atoms with van der Waals surface area (Å²) in [7, 11) is 0. The van der Waals surface area contributed by atoms with Gasteiger partial charge in [-0.3, -0.25) is 9.59 Å². The lowest BCUT2D eigenvalue weighted by Gasteiger charge is -2.17. The van der Waals surface area contributed by atoms with Gasteiger partial charge in [0.05, 0.1) is 11.0 Å². The molecule has 0 radical (unpaired) electrons. The average Bonchev–Trinajstić information content (AvgIpc) is 2.66. The van der Waals surface area contributed by atoms with E-state index in [4.69, 9.17) is 0 Å². The molecule has 0 aromatic heterocycles. The molecule has 2 amide bonds. The van der Waals surface area contributed by atoms with Crippen LogP contribution < -0.4 is 10.6 Å². The Bertz CT molecular complexity index is 725. The third kappa shape index (κ3) is 5.63. The Morgan fingerprint density at radius 3 is 2.12 bits per heavy atom. The lowest BCUT2D eigenvalue weighted by Crippen LogP contribution is -2.26. The standard InChI is InChI=1S/C21H26N2O2S/c1-4-16-10-9-11-17(5-2)20(16)23-21(25)15(3)26-14-19(24)22-18-12-7-6-8-13-18/h6-13,15H,4-5,14H2,1-3H3,(H,22,24)(H,23,25)/t15-/m0/s1. The number of para-hydroxylation sites is 2. The second-order valence-electron chi connectivity index (χ2n) is 6.02. The number of nitrogens with one attached hydrogen (secondary N) is 2. The molecule has 0 fully saturated rings. The van der Waals surface area contributed by atoms with Crippen LogP contribution in [0.25, 0.3) is 0 Å². The first kappa shape index (κ1) is 20.0. The van der Waals surface area contributed by atoms with Crippen LogP contribution in [0.5, 0.6) is 0 Å². The Morgan fingerprint density at radius 2 is 1.54 bits per heavy atom. The van der Waals surface area contributed by atoms with Crippen molar-refractivity contribution in [3.8, 4) is 0 Å². The minimum atomic E-state index is -0.314. The van der Waals surface area contributed by atoms with Crippen molar-refractivity contribution in [1.29, 1.82) is 0 Å². The highest BCUT2D eigenvalue weighted by Crippen LogP contribution is 2.24. The third-order valence-electron chi connectivity index (χ3n) is 4.14. The van der Waals surface area contributed by atoms with Gasteiger partial charge in [0.2, 0.25) is 11.8 Å². The Balaban J connectivity index is 1.91. The first-order chi connectivity index (χ1) is 12.5. The molecule has 0 heterocycles. The Kier molecular flexibility index (Phi) is 7.73. The van der Waals surface area contributed by atoms with Crippen molar-refractivity contribution < 1.29 is 9.59 Å². The molecule has 2 rings (SSSR count). The van der Waals surface area contributed by atoms with Crippen LogP contribution in [0.3, 0.4) is 0 Å². The zero-order valence-corrected chi connectivity index (χ0v) is 16.4. The van der Waals surface area contributed by atoms with Crippen LogP contribution in [0, 0.1) is 0 Å². The topological polar surface area (TPSA) is 58.2 Å². The molecule has 0 unspecified atom stereocenters. The summed E-state index contributed by atoms with van der Waals surface area (Å²) in [6.45, 7) is 5.99. The second kappa shape index (κ2) is 10.0. The zero-order chi connectivity index (χ0) is 18.9. The highest BCUT2D eigenvalue weighted by molar-refractivity contribution is 8.01. The van der Waals surface area contributed by atoms with E-state index in [1.165, 1.54) is 11.8 Å². The summed E-state index contributed by atoms with van der Waals surface area (Å²) in [6.07, 6.45) is 1.73. The van der Waals surface area contributed by atoms with Gasteiger partial charge in [0, 0.05) is 11.4 Å². The monoisotopic (exact) mass is 370 g/mol. The van der Waals surface area contributed by atoms with Gasteiger partial charge in [0.1, 0.15) is 0 Å². The fourth-order valence-electron chi connectivity index (χ4n) is 2.62. The van der Waals surface area contributed by atoms with E-state index >= 15 is 0 Å². The van der Waals surface area contributed by atoms with E-state index in [1.807, 2.05) is 55.5 Å². The summed E-state index contributed by atoms with van der Waals surface area (Å²) in [5, 5.41) is 5.58. The summed E-state index contributed by atoms with van der Waals surface area (Å²) in [6, 6.07) is 15.4. The van der Waals surface area contributed by atoms with Gasteiger partial charge in [-0.2, -0.15) is 0 Å². The predicted molar refractivity (Wildman–Crippen MR) is 111 cm³/mol. The SMILES string of the molecule is CCc1cccc(CC)c1NC(=O)[C@H](C)SCC(=O)Nc1ccccc1. The normalized spacial score (nSPS) is 11.7. The van der Waals surface area contributed by atoms with Crippen LogP contribution >= 0.6 is 11.8 Å². The minimum Gasteiger partial charge on any atom is -0.325 e. The maximum absolute atomic E-state index is 12.6. The maximum atomic E-state index is 12.6. The van der Waals surface area contributed by atoms with E-state index in [0.717, 1.165) is 35.3 Å². The lowest BCUT2D eigenvalue weighted by molar-refractivity contribution is -0.115. The molecular weight excluding hydrogens is 344 g/mol. The Hall–Kier alpha value is -2.27. The van der Waals surface area contributed by atoms with Gasteiger partial charge in [-0.1, -0.05) is 50.2 Å². The number of carbonyl (C=O) groups is 2. The number of carbonyl (C=O) groups excluding carboxylic acids is 2. The summed E-state index contributed by atoms with van der Waals surface area (Å²) in [5.74, 6) is 0.0571. The zero-order valence-electron chi connectivity index (χ0n) is 15.5. The largest absolute Gasteiger partial charge is 0.325 e. The van der Waals surface area contributed by atoms with E-state index in [9.17, 15) is 9.59 Å². The number of rotatable bonds is 8. The smallest absolute Gasteiger partial charge is 0.237 e. The van der Waals surface area contributed by atoms with Crippen molar-refractivity contribution in [2.24, 2.45) is 0 Å². The number of hydrogen-bond donors (Lipinski definition) is 2. The van der Waals surface area contributed by atoms with Crippen molar-refractivity contribution in [3.63, 3.8) is 0 Å². The highest BCUT2D eigenvalue weighted by atomic mass is 32.2. The molecule has 0 aliphatic heterocycles. The molecule has 138 valence electrons. The molecule has 0 bridgehead atoms. The fourth-order valence-corrected chi connectivity index (χ4v) is 3.31. The van der Waals surface area contributed by atoms with E-state index in [0.29, 0.717) is 0 Å². The molecule has 0 saturated heterocycles. The van der Waals surface area contributed by atoms with Gasteiger partial charge in [-0.15, -0.1) is 11.8 Å². The number of thioether (sulfide) groups is 1. The second-order valence-corrected chi connectivity index (χ2v) is 7.34. The highest BCUT2D eigenvalue weighted by Gasteiger charge is 2.18. The summed E-state index contributed by atoms with van der Waals surface area (Å²) >= 11 is 1.33. The van der Waals surface area contributed by atoms with Crippen molar-refractivity contribution in [2.45, 2.75) is 38.9 Å². The van der Waals surface area contributed by atoms with Crippen LogP contribution in [0.1, 0.15) is 31.9 Å². The average molecular weight is 371 g/mol. The molecule has 0 spiro atoms. The van der Waals surface area contributed by atoms with Crippen LogP contribution in [0.15, 0.2) is 48.5 Å². The molecule has 0 saturated carbocycles. The van der Waals surface area contributed by atoms with Crippen LogP contribution in [0.2, 0.25) is 0 Å². The molecule has 0 aliphatic carbocycles. The van der Waals surface area contributed by atoms with Crippen LogP contribution in [-0.4, -0.2) is 22.8 Å². The van der Waals surface area contributed by atoms with Crippen molar-refractivity contribution in [3.05, 3.63) is 59.7 Å². The van der Waals surface area contributed by atoms with Gasteiger partial charge in [0.25, 0.3) is 0 Å². The van der Waals surface area contributed by atoms with Crippen molar-refractivity contribution >= 4 is 35.0 Å². The third-order valence-corrected chi connectivity index (χ3v) is 5.28. The quantitative estimate of drug-likeness (QED) is 0.719.